The zero-order valence-corrected chi connectivity index (χ0v) is 13.4. The van der Waals surface area contributed by atoms with Crippen LogP contribution in [0.3, 0.4) is 0 Å². The van der Waals surface area contributed by atoms with Crippen LogP contribution < -0.4 is 10.6 Å². The second-order valence-corrected chi connectivity index (χ2v) is 6.51. The Bertz CT molecular complexity index is 726. The van der Waals surface area contributed by atoms with Gasteiger partial charge in [-0.15, -0.1) is 11.3 Å². The first kappa shape index (κ1) is 16.8. The van der Waals surface area contributed by atoms with Crippen LogP contribution in [0.25, 0.3) is 0 Å². The van der Waals surface area contributed by atoms with E-state index in [1.807, 2.05) is 0 Å². The molecule has 0 saturated carbocycles. The highest BCUT2D eigenvalue weighted by Gasteiger charge is 2.36. The van der Waals surface area contributed by atoms with Crippen LogP contribution in [-0.2, 0) is 6.18 Å². The number of alkyl halides is 3. The first-order valence-corrected chi connectivity index (χ1v) is 8.27. The van der Waals surface area contributed by atoms with Gasteiger partial charge in [0.15, 0.2) is 5.13 Å². The molecule has 1 fully saturated rings. The van der Waals surface area contributed by atoms with Gasteiger partial charge in [0.25, 0.3) is 5.91 Å². The second-order valence-electron chi connectivity index (χ2n) is 5.44. The number of pyridine rings is 1. The number of hydrogen-bond acceptors (Lipinski definition) is 5. The zero-order chi connectivity index (χ0) is 17.2. The lowest BCUT2D eigenvalue weighted by Gasteiger charge is -2.20. The van der Waals surface area contributed by atoms with E-state index in [0.29, 0.717) is 5.92 Å². The smallest absolute Gasteiger partial charge is 0.317 e. The third kappa shape index (κ3) is 3.73. The third-order valence-electron chi connectivity index (χ3n) is 3.81. The van der Waals surface area contributed by atoms with Crippen molar-refractivity contribution in [3.63, 3.8) is 0 Å². The molecule has 2 aromatic rings. The lowest BCUT2D eigenvalue weighted by Crippen LogP contribution is -2.26. The zero-order valence-electron chi connectivity index (χ0n) is 12.6. The predicted molar refractivity (Wildman–Crippen MR) is 84.2 cm³/mol. The SMILES string of the molecule is O=C(Nc1ncc(C2CCNCC2)s1)c1ncccc1C(F)(F)F. The molecule has 2 aromatic heterocycles. The largest absolute Gasteiger partial charge is 0.418 e. The molecule has 128 valence electrons. The second kappa shape index (κ2) is 6.86. The maximum Gasteiger partial charge on any atom is 0.418 e. The molecule has 1 aliphatic rings. The Morgan fingerprint density at radius 3 is 2.75 bits per heavy atom. The molecule has 3 heterocycles. The summed E-state index contributed by atoms with van der Waals surface area (Å²) in [7, 11) is 0. The van der Waals surface area contributed by atoms with E-state index in [2.05, 4.69) is 20.6 Å². The Kier molecular flexibility index (Phi) is 4.81. The molecular weight excluding hydrogens is 341 g/mol. The fraction of sp³-hybridized carbons (Fsp3) is 0.400. The summed E-state index contributed by atoms with van der Waals surface area (Å²) in [6.45, 7) is 1.85. The number of carbonyl (C=O) groups is 1. The number of nitrogens with zero attached hydrogens (tertiary/aromatic N) is 2. The Balaban J connectivity index is 1.75. The number of rotatable bonds is 3. The average molecular weight is 356 g/mol. The van der Waals surface area contributed by atoms with E-state index in [-0.39, 0.29) is 5.13 Å². The van der Waals surface area contributed by atoms with E-state index in [4.69, 9.17) is 0 Å². The first-order valence-electron chi connectivity index (χ1n) is 7.45. The molecule has 0 aliphatic carbocycles. The van der Waals surface area contributed by atoms with Gasteiger partial charge in [0.05, 0.1) is 5.56 Å². The molecule has 1 saturated heterocycles. The van der Waals surface area contributed by atoms with Crippen LogP contribution in [0.4, 0.5) is 18.3 Å². The van der Waals surface area contributed by atoms with Crippen molar-refractivity contribution in [2.24, 2.45) is 0 Å². The van der Waals surface area contributed by atoms with Crippen molar-refractivity contribution >= 4 is 22.4 Å². The van der Waals surface area contributed by atoms with Crippen molar-refractivity contribution in [3.8, 4) is 0 Å². The summed E-state index contributed by atoms with van der Waals surface area (Å²) in [5.74, 6) is -0.538. The lowest BCUT2D eigenvalue weighted by atomic mass is 9.97. The standard InChI is InChI=1S/C15H15F3N4OS/c16-15(17,18)10-2-1-5-20-12(10)13(23)22-14-21-8-11(24-14)9-3-6-19-7-4-9/h1-2,5,8-9,19H,3-4,6-7H2,(H,21,22,23). The molecule has 0 radical (unpaired) electrons. The molecule has 0 aromatic carbocycles. The van der Waals surface area contributed by atoms with Gasteiger partial charge in [0.2, 0.25) is 0 Å². The number of aromatic nitrogens is 2. The Hall–Kier alpha value is -2.00. The van der Waals surface area contributed by atoms with Gasteiger partial charge < -0.3 is 5.32 Å². The fourth-order valence-corrected chi connectivity index (χ4v) is 3.59. The Morgan fingerprint density at radius 2 is 2.04 bits per heavy atom. The highest BCUT2D eigenvalue weighted by Crippen LogP contribution is 2.33. The van der Waals surface area contributed by atoms with Gasteiger partial charge >= 0.3 is 6.18 Å². The van der Waals surface area contributed by atoms with Gasteiger partial charge in [-0.3, -0.25) is 15.1 Å². The minimum absolute atomic E-state index is 0.285. The van der Waals surface area contributed by atoms with E-state index in [0.717, 1.165) is 49.1 Å². The molecule has 5 nitrogen and oxygen atoms in total. The molecule has 0 atom stereocenters. The van der Waals surface area contributed by atoms with E-state index in [1.54, 1.807) is 6.20 Å². The van der Waals surface area contributed by atoms with Crippen LogP contribution in [0.2, 0.25) is 0 Å². The molecule has 0 bridgehead atoms. The average Bonchev–Trinajstić information content (AvgIpc) is 3.03. The van der Waals surface area contributed by atoms with E-state index >= 15 is 0 Å². The van der Waals surface area contributed by atoms with Crippen molar-refractivity contribution in [2.45, 2.75) is 24.9 Å². The number of anilines is 1. The van der Waals surface area contributed by atoms with Gasteiger partial charge in [-0.2, -0.15) is 13.2 Å². The van der Waals surface area contributed by atoms with E-state index in [9.17, 15) is 18.0 Å². The topological polar surface area (TPSA) is 66.9 Å². The number of piperidine rings is 1. The summed E-state index contributed by atoms with van der Waals surface area (Å²) in [5.41, 5.74) is -1.71. The molecule has 0 unspecified atom stereocenters. The Labute approximate surface area is 140 Å². The molecule has 24 heavy (non-hydrogen) atoms. The van der Waals surface area contributed by atoms with Crippen LogP contribution in [0.1, 0.15) is 39.7 Å². The number of halogens is 3. The minimum Gasteiger partial charge on any atom is -0.317 e. The summed E-state index contributed by atoms with van der Waals surface area (Å²) in [4.78, 5) is 20.9. The Morgan fingerprint density at radius 1 is 1.29 bits per heavy atom. The maximum absolute atomic E-state index is 13.0. The maximum atomic E-state index is 13.0. The molecule has 1 amide bonds. The number of hydrogen-bond donors (Lipinski definition) is 2. The fourth-order valence-electron chi connectivity index (χ4n) is 2.61. The minimum atomic E-state index is -4.63. The summed E-state index contributed by atoms with van der Waals surface area (Å²) in [6, 6.07) is 1.99. The van der Waals surface area contributed by atoms with Crippen molar-refractivity contribution in [3.05, 3.63) is 40.7 Å². The number of carbonyl (C=O) groups excluding carboxylic acids is 1. The van der Waals surface area contributed by atoms with Gasteiger partial charge in [0, 0.05) is 17.3 Å². The predicted octanol–water partition coefficient (Wildman–Crippen LogP) is 3.28. The number of nitrogens with one attached hydrogen (secondary N) is 2. The van der Waals surface area contributed by atoms with Crippen molar-refractivity contribution in [2.75, 3.05) is 18.4 Å². The van der Waals surface area contributed by atoms with Crippen molar-refractivity contribution < 1.29 is 18.0 Å². The molecular formula is C15H15F3N4OS. The van der Waals surface area contributed by atoms with Gasteiger partial charge in [-0.1, -0.05) is 0 Å². The van der Waals surface area contributed by atoms with Gasteiger partial charge in [-0.25, -0.2) is 4.98 Å². The van der Waals surface area contributed by atoms with Crippen LogP contribution in [0, 0.1) is 0 Å². The van der Waals surface area contributed by atoms with Gasteiger partial charge in [-0.05, 0) is 44.0 Å². The van der Waals surface area contributed by atoms with Crippen LogP contribution in [-0.4, -0.2) is 29.0 Å². The molecule has 2 N–H and O–H groups in total. The molecule has 9 heteroatoms. The van der Waals surface area contributed by atoms with Gasteiger partial charge in [0.1, 0.15) is 5.69 Å². The van der Waals surface area contributed by atoms with Crippen molar-refractivity contribution in [1.29, 1.82) is 0 Å². The number of thiazole rings is 1. The normalized spacial score (nSPS) is 16.1. The van der Waals surface area contributed by atoms with Crippen molar-refractivity contribution in [1.82, 2.24) is 15.3 Å². The summed E-state index contributed by atoms with van der Waals surface area (Å²) in [6.07, 6.45) is 0.165. The monoisotopic (exact) mass is 356 g/mol. The third-order valence-corrected chi connectivity index (χ3v) is 4.89. The number of amides is 1. The molecule has 1 aliphatic heterocycles. The highest BCUT2D eigenvalue weighted by atomic mass is 32.1. The first-order chi connectivity index (χ1) is 11.4. The summed E-state index contributed by atoms with van der Waals surface area (Å²) in [5, 5.41) is 5.97. The lowest BCUT2D eigenvalue weighted by molar-refractivity contribution is -0.138. The van der Waals surface area contributed by atoms with Crippen LogP contribution in [0.15, 0.2) is 24.5 Å². The summed E-state index contributed by atoms with van der Waals surface area (Å²) < 4.78 is 38.9. The van der Waals surface area contributed by atoms with Crippen LogP contribution >= 0.6 is 11.3 Å². The molecule has 3 rings (SSSR count). The molecule has 0 spiro atoms. The van der Waals surface area contributed by atoms with E-state index < -0.39 is 23.3 Å². The quantitative estimate of drug-likeness (QED) is 0.886. The highest BCUT2D eigenvalue weighted by molar-refractivity contribution is 7.15. The van der Waals surface area contributed by atoms with Crippen LogP contribution in [0.5, 0.6) is 0 Å². The van der Waals surface area contributed by atoms with E-state index in [1.165, 1.54) is 11.3 Å². The summed E-state index contributed by atoms with van der Waals surface area (Å²) >= 11 is 1.30.